The van der Waals surface area contributed by atoms with Crippen LogP contribution in [0.2, 0.25) is 0 Å². The van der Waals surface area contributed by atoms with Crippen molar-refractivity contribution in [3.8, 4) is 11.8 Å². The summed E-state index contributed by atoms with van der Waals surface area (Å²) >= 11 is 0. The molecule has 196 valence electrons. The predicted octanol–water partition coefficient (Wildman–Crippen LogP) is -0.156. The van der Waals surface area contributed by atoms with Crippen LogP contribution in [0, 0.1) is 24.0 Å². The first-order valence-electron chi connectivity index (χ1n) is 11.1. The maximum Gasteiger partial charge on any atom is 0.269 e. The van der Waals surface area contributed by atoms with Gasteiger partial charge in [0.15, 0.2) is 5.82 Å². The Morgan fingerprint density at radius 2 is 1.84 bits per heavy atom. The van der Waals surface area contributed by atoms with Crippen molar-refractivity contribution in [1.29, 1.82) is 0 Å². The van der Waals surface area contributed by atoms with Crippen molar-refractivity contribution < 1.29 is 35.2 Å². The highest BCUT2D eigenvalue weighted by molar-refractivity contribution is 5.68. The summed E-state index contributed by atoms with van der Waals surface area (Å²) in [4.78, 5) is 19.4. The van der Waals surface area contributed by atoms with Crippen molar-refractivity contribution in [3.05, 3.63) is 62.6 Å². The molecule has 15 heteroatoms. The van der Waals surface area contributed by atoms with E-state index in [1.807, 2.05) is 0 Å². The topological polar surface area (TPSA) is 232 Å². The molecule has 3 heterocycles. The van der Waals surface area contributed by atoms with Gasteiger partial charge in [-0.3, -0.25) is 20.6 Å². The number of nitro benzene ring substituents is 1. The van der Waals surface area contributed by atoms with Gasteiger partial charge in [-0.05, 0) is 19.4 Å². The molecular weight excluding hydrogens is 490 g/mol. The Morgan fingerprint density at radius 1 is 1.14 bits per heavy atom. The number of aromatic amines is 1. The van der Waals surface area contributed by atoms with E-state index in [9.17, 15) is 30.5 Å². The second-order valence-electron chi connectivity index (χ2n) is 8.40. The van der Waals surface area contributed by atoms with Gasteiger partial charge in [-0.15, -0.1) is 5.10 Å². The highest BCUT2D eigenvalue weighted by Gasteiger charge is 2.37. The summed E-state index contributed by atoms with van der Waals surface area (Å²) < 4.78 is 5.90. The second kappa shape index (κ2) is 10.5. The van der Waals surface area contributed by atoms with Gasteiger partial charge in [0.2, 0.25) is 11.8 Å². The number of nitrogens with one attached hydrogen (secondary N) is 2. The van der Waals surface area contributed by atoms with Crippen LogP contribution < -0.4 is 10.2 Å². The fraction of sp³-hybridized carbons (Fsp3) is 0.364. The highest BCUT2D eigenvalue weighted by Crippen LogP contribution is 2.49. The SMILES string of the molecule is Cc1nc(N/N=C/[C@H](O)[C@@H](O)[C@H](O)[C@H](O)CO)c2c(n1)Oc1n[nH]c(C)c1C2c1ccc([N+](=O)[O-])cc1. The zero-order valence-electron chi connectivity index (χ0n) is 19.7. The molecule has 2 aromatic heterocycles. The van der Waals surface area contributed by atoms with Gasteiger partial charge < -0.3 is 30.3 Å². The molecule has 15 nitrogen and oxygen atoms in total. The molecule has 3 aromatic rings. The molecule has 4 rings (SSSR count). The van der Waals surface area contributed by atoms with Crippen molar-refractivity contribution in [1.82, 2.24) is 20.2 Å². The molecule has 1 aromatic carbocycles. The number of fused-ring (bicyclic) bond motifs is 2. The Kier molecular flexibility index (Phi) is 7.42. The minimum atomic E-state index is -1.83. The molecule has 0 saturated heterocycles. The first-order chi connectivity index (χ1) is 17.6. The van der Waals surface area contributed by atoms with Crippen molar-refractivity contribution in [2.24, 2.45) is 5.10 Å². The number of aliphatic hydroxyl groups excluding tert-OH is 5. The normalized spacial score (nSPS) is 17.9. The summed E-state index contributed by atoms with van der Waals surface area (Å²) in [6.45, 7) is 2.60. The van der Waals surface area contributed by atoms with Crippen LogP contribution in [0.5, 0.6) is 11.8 Å². The number of hydrazone groups is 1. The zero-order chi connectivity index (χ0) is 26.9. The molecular formula is C22H25N7O8. The Bertz CT molecular complexity index is 1310. The number of H-pyrrole nitrogens is 1. The molecule has 0 amide bonds. The number of aryl methyl sites for hydroxylation is 2. The number of non-ortho nitro benzene ring substituents is 1. The van der Waals surface area contributed by atoms with E-state index in [1.54, 1.807) is 26.0 Å². The van der Waals surface area contributed by atoms with E-state index in [1.165, 1.54) is 12.1 Å². The third-order valence-corrected chi connectivity index (χ3v) is 5.87. The van der Waals surface area contributed by atoms with Crippen molar-refractivity contribution in [2.75, 3.05) is 12.0 Å². The number of ether oxygens (including phenoxy) is 1. The lowest BCUT2D eigenvalue weighted by molar-refractivity contribution is -0.384. The van der Waals surface area contributed by atoms with Crippen LogP contribution >= 0.6 is 0 Å². The Labute approximate surface area is 209 Å². The van der Waals surface area contributed by atoms with E-state index in [2.05, 4.69) is 30.7 Å². The van der Waals surface area contributed by atoms with Crippen LogP contribution in [-0.4, -0.2) is 87.9 Å². The van der Waals surface area contributed by atoms with Crippen LogP contribution in [0.4, 0.5) is 11.5 Å². The van der Waals surface area contributed by atoms with Crippen molar-refractivity contribution in [3.63, 3.8) is 0 Å². The molecule has 1 aliphatic heterocycles. The van der Waals surface area contributed by atoms with Gasteiger partial charge in [0.25, 0.3) is 5.69 Å². The second-order valence-corrected chi connectivity index (χ2v) is 8.40. The van der Waals surface area contributed by atoms with Crippen LogP contribution in [0.15, 0.2) is 29.4 Å². The molecule has 0 aliphatic carbocycles. The number of nitro groups is 1. The molecule has 0 saturated carbocycles. The van der Waals surface area contributed by atoms with Gasteiger partial charge in [0, 0.05) is 23.4 Å². The van der Waals surface area contributed by atoms with Crippen LogP contribution in [0.1, 0.15) is 34.1 Å². The molecule has 0 fully saturated rings. The number of nitrogens with zero attached hydrogens (tertiary/aromatic N) is 5. The molecule has 5 atom stereocenters. The molecule has 7 N–H and O–H groups in total. The quantitative estimate of drug-likeness (QED) is 0.0875. The van der Waals surface area contributed by atoms with Gasteiger partial charge in [-0.2, -0.15) is 10.1 Å². The highest BCUT2D eigenvalue weighted by atomic mass is 16.6. The lowest BCUT2D eigenvalue weighted by Gasteiger charge is -2.27. The maximum atomic E-state index is 11.2. The van der Waals surface area contributed by atoms with E-state index in [0.29, 0.717) is 28.2 Å². The Morgan fingerprint density at radius 3 is 2.49 bits per heavy atom. The van der Waals surface area contributed by atoms with Crippen LogP contribution in [0.3, 0.4) is 0 Å². The van der Waals surface area contributed by atoms with E-state index < -0.39 is 41.9 Å². The van der Waals surface area contributed by atoms with Crippen molar-refractivity contribution in [2.45, 2.75) is 44.2 Å². The largest absolute Gasteiger partial charge is 0.418 e. The summed E-state index contributed by atoms with van der Waals surface area (Å²) in [5, 5.41) is 70.4. The summed E-state index contributed by atoms with van der Waals surface area (Å²) in [5.74, 6) is 0.404. The third-order valence-electron chi connectivity index (χ3n) is 5.87. The average Bonchev–Trinajstić information content (AvgIpc) is 3.25. The molecule has 1 unspecified atom stereocenters. The number of aliphatic hydroxyl groups is 5. The van der Waals surface area contributed by atoms with E-state index in [-0.39, 0.29) is 23.3 Å². The predicted molar refractivity (Wildman–Crippen MR) is 127 cm³/mol. The minimum Gasteiger partial charge on any atom is -0.418 e. The molecule has 0 spiro atoms. The first-order valence-corrected chi connectivity index (χ1v) is 11.1. The smallest absolute Gasteiger partial charge is 0.269 e. The molecule has 0 bridgehead atoms. The lowest BCUT2D eigenvalue weighted by Crippen LogP contribution is -2.46. The van der Waals surface area contributed by atoms with Gasteiger partial charge in [0.05, 0.1) is 29.2 Å². The number of rotatable bonds is 9. The number of hydrogen-bond donors (Lipinski definition) is 7. The van der Waals surface area contributed by atoms with Gasteiger partial charge in [-0.1, -0.05) is 12.1 Å². The number of hydrogen-bond acceptors (Lipinski definition) is 13. The number of benzene rings is 1. The molecule has 37 heavy (non-hydrogen) atoms. The third kappa shape index (κ3) is 5.11. The number of anilines is 1. The fourth-order valence-corrected chi connectivity index (χ4v) is 3.97. The average molecular weight is 515 g/mol. The maximum absolute atomic E-state index is 11.2. The molecule has 0 radical (unpaired) electrons. The summed E-state index contributed by atoms with van der Waals surface area (Å²) in [6, 6.07) is 5.97. The summed E-state index contributed by atoms with van der Waals surface area (Å²) in [7, 11) is 0. The van der Waals surface area contributed by atoms with E-state index in [4.69, 9.17) is 9.84 Å². The van der Waals surface area contributed by atoms with Gasteiger partial charge in [-0.25, -0.2) is 4.98 Å². The number of aromatic nitrogens is 4. The fourth-order valence-electron chi connectivity index (χ4n) is 3.97. The lowest BCUT2D eigenvalue weighted by atomic mass is 9.84. The standard InChI is InChI=1S/C22H25N7O8/c1-9-15-16(11-3-5-12(6-4-11)29(35)36)17-20(24-10(2)25-21(17)37-22(15)28-26-9)27-23-7-13(31)18(33)19(34)14(32)8-30/h3-7,13-14,16,18-19,30-34H,8H2,1-2H3,(H,26,28)(H,24,25,27)/b23-7+/t13-,14+,16?,18+,19+/m0/s1. The van der Waals surface area contributed by atoms with Gasteiger partial charge in [0.1, 0.15) is 30.2 Å². The monoisotopic (exact) mass is 515 g/mol. The van der Waals surface area contributed by atoms with Crippen LogP contribution in [-0.2, 0) is 0 Å². The first kappa shape index (κ1) is 26.1. The van der Waals surface area contributed by atoms with E-state index >= 15 is 0 Å². The Balaban J connectivity index is 1.71. The minimum absolute atomic E-state index is 0.0793. The summed E-state index contributed by atoms with van der Waals surface area (Å²) in [5.41, 5.74) is 5.07. The Hall–Kier alpha value is -4.02. The van der Waals surface area contributed by atoms with Crippen molar-refractivity contribution >= 4 is 17.7 Å². The zero-order valence-corrected chi connectivity index (χ0v) is 19.7. The molecule has 1 aliphatic rings. The summed E-state index contributed by atoms with van der Waals surface area (Å²) in [6.07, 6.45) is -6.12. The van der Waals surface area contributed by atoms with Crippen LogP contribution in [0.25, 0.3) is 0 Å². The van der Waals surface area contributed by atoms with E-state index in [0.717, 1.165) is 6.21 Å². The van der Waals surface area contributed by atoms with Gasteiger partial charge >= 0.3 is 0 Å².